The SMILES string of the molecule is CN=C(NCc1ccnn1C)NCC(CC(C)C)N(C)C. The van der Waals surface area contributed by atoms with Crippen LogP contribution in [0, 0.1) is 5.92 Å². The van der Waals surface area contributed by atoms with E-state index in [0.29, 0.717) is 18.5 Å². The van der Waals surface area contributed by atoms with Crippen molar-refractivity contribution in [3.8, 4) is 0 Å². The van der Waals surface area contributed by atoms with Crippen molar-refractivity contribution in [1.29, 1.82) is 0 Å². The van der Waals surface area contributed by atoms with Gasteiger partial charge in [0, 0.05) is 32.9 Å². The van der Waals surface area contributed by atoms with Gasteiger partial charge in [-0.15, -0.1) is 0 Å². The molecule has 21 heavy (non-hydrogen) atoms. The minimum Gasteiger partial charge on any atom is -0.355 e. The van der Waals surface area contributed by atoms with Gasteiger partial charge in [-0.1, -0.05) is 13.8 Å². The number of hydrogen-bond donors (Lipinski definition) is 2. The number of hydrogen-bond acceptors (Lipinski definition) is 3. The molecule has 6 nitrogen and oxygen atoms in total. The van der Waals surface area contributed by atoms with Crippen LogP contribution in [0.3, 0.4) is 0 Å². The third-order valence-corrected chi connectivity index (χ3v) is 3.56. The molecule has 1 aromatic heterocycles. The molecule has 1 atom stereocenters. The van der Waals surface area contributed by atoms with Gasteiger partial charge in [-0.25, -0.2) is 0 Å². The zero-order chi connectivity index (χ0) is 15.8. The number of rotatable bonds is 7. The second kappa shape index (κ2) is 8.67. The van der Waals surface area contributed by atoms with Gasteiger partial charge in [0.1, 0.15) is 0 Å². The Hall–Kier alpha value is -1.56. The van der Waals surface area contributed by atoms with Gasteiger partial charge in [0.2, 0.25) is 0 Å². The molecule has 0 radical (unpaired) electrons. The quantitative estimate of drug-likeness (QED) is 0.583. The molecule has 0 fully saturated rings. The van der Waals surface area contributed by atoms with Crippen LogP contribution in [0.1, 0.15) is 26.0 Å². The van der Waals surface area contributed by atoms with Crippen molar-refractivity contribution in [2.24, 2.45) is 18.0 Å². The molecule has 0 amide bonds. The summed E-state index contributed by atoms with van der Waals surface area (Å²) in [5, 5.41) is 10.9. The molecule has 2 N–H and O–H groups in total. The molecule has 0 aliphatic heterocycles. The maximum atomic E-state index is 4.27. The van der Waals surface area contributed by atoms with E-state index in [-0.39, 0.29) is 0 Å². The van der Waals surface area contributed by atoms with E-state index in [9.17, 15) is 0 Å². The topological polar surface area (TPSA) is 57.5 Å². The van der Waals surface area contributed by atoms with Crippen LogP contribution in [0.5, 0.6) is 0 Å². The lowest BCUT2D eigenvalue weighted by Gasteiger charge is -2.27. The summed E-state index contributed by atoms with van der Waals surface area (Å²) >= 11 is 0. The maximum Gasteiger partial charge on any atom is 0.191 e. The van der Waals surface area contributed by atoms with E-state index in [1.165, 1.54) is 6.42 Å². The van der Waals surface area contributed by atoms with Crippen molar-refractivity contribution < 1.29 is 0 Å². The standard InChI is InChI=1S/C15H30N6/c1-12(2)9-14(20(4)5)11-18-15(16-3)17-10-13-7-8-19-21(13)6/h7-8,12,14H,9-11H2,1-6H3,(H2,16,17,18). The second-order valence-corrected chi connectivity index (χ2v) is 6.00. The van der Waals surface area contributed by atoms with Crippen LogP contribution in [-0.2, 0) is 13.6 Å². The summed E-state index contributed by atoms with van der Waals surface area (Å²) < 4.78 is 1.86. The highest BCUT2D eigenvalue weighted by Gasteiger charge is 2.13. The van der Waals surface area contributed by atoms with Crippen molar-refractivity contribution >= 4 is 5.96 Å². The summed E-state index contributed by atoms with van der Waals surface area (Å²) in [7, 11) is 7.99. The highest BCUT2D eigenvalue weighted by molar-refractivity contribution is 5.79. The molecule has 1 unspecified atom stereocenters. The Morgan fingerprint density at radius 1 is 1.38 bits per heavy atom. The molecule has 1 aromatic rings. The fourth-order valence-electron chi connectivity index (χ4n) is 2.20. The predicted molar refractivity (Wildman–Crippen MR) is 88.3 cm³/mol. The van der Waals surface area contributed by atoms with Crippen molar-refractivity contribution in [3.63, 3.8) is 0 Å². The van der Waals surface area contributed by atoms with Crippen LogP contribution in [0.2, 0.25) is 0 Å². The molecule has 6 heteroatoms. The zero-order valence-corrected chi connectivity index (χ0v) is 14.2. The van der Waals surface area contributed by atoms with E-state index in [0.717, 1.165) is 18.2 Å². The smallest absolute Gasteiger partial charge is 0.191 e. The van der Waals surface area contributed by atoms with Gasteiger partial charge in [0.15, 0.2) is 5.96 Å². The first-order valence-corrected chi connectivity index (χ1v) is 7.51. The molecule has 0 aliphatic rings. The molecule has 0 aromatic carbocycles. The highest BCUT2D eigenvalue weighted by Crippen LogP contribution is 2.08. The van der Waals surface area contributed by atoms with E-state index in [1.54, 1.807) is 13.2 Å². The largest absolute Gasteiger partial charge is 0.355 e. The normalized spacial score (nSPS) is 13.8. The van der Waals surface area contributed by atoms with Gasteiger partial charge < -0.3 is 15.5 Å². The molecule has 0 spiro atoms. The van der Waals surface area contributed by atoms with Crippen LogP contribution < -0.4 is 10.6 Å². The zero-order valence-electron chi connectivity index (χ0n) is 14.2. The van der Waals surface area contributed by atoms with E-state index in [4.69, 9.17) is 0 Å². The van der Waals surface area contributed by atoms with Crippen molar-refractivity contribution in [1.82, 2.24) is 25.3 Å². The Labute approximate surface area is 128 Å². The summed E-state index contributed by atoms with van der Waals surface area (Å²) in [6.07, 6.45) is 2.97. The van der Waals surface area contributed by atoms with Gasteiger partial charge in [0.25, 0.3) is 0 Å². The van der Waals surface area contributed by atoms with Gasteiger partial charge in [-0.05, 0) is 32.5 Å². The molecule has 1 heterocycles. The molecular formula is C15H30N6. The molecule has 0 bridgehead atoms. The first-order chi connectivity index (χ1) is 9.93. The summed E-state index contributed by atoms with van der Waals surface area (Å²) in [6, 6.07) is 2.50. The summed E-state index contributed by atoms with van der Waals surface area (Å²) in [5.74, 6) is 1.51. The first kappa shape index (κ1) is 17.5. The number of guanidine groups is 1. The summed E-state index contributed by atoms with van der Waals surface area (Å²) in [5.41, 5.74) is 1.13. The lowest BCUT2D eigenvalue weighted by atomic mass is 10.0. The monoisotopic (exact) mass is 294 g/mol. The van der Waals surface area contributed by atoms with Crippen LogP contribution in [-0.4, -0.2) is 54.4 Å². The Bertz CT molecular complexity index is 435. The van der Waals surface area contributed by atoms with Gasteiger partial charge >= 0.3 is 0 Å². The van der Waals surface area contributed by atoms with Crippen LogP contribution >= 0.6 is 0 Å². The Kier molecular flexibility index (Phi) is 7.22. The van der Waals surface area contributed by atoms with E-state index in [1.807, 2.05) is 17.8 Å². The predicted octanol–water partition coefficient (Wildman–Crippen LogP) is 1.06. The third-order valence-electron chi connectivity index (χ3n) is 3.56. The van der Waals surface area contributed by atoms with E-state index >= 15 is 0 Å². The fourth-order valence-corrected chi connectivity index (χ4v) is 2.20. The Balaban J connectivity index is 2.45. The summed E-state index contributed by atoms with van der Waals surface area (Å²) in [6.45, 7) is 6.11. The molecule has 0 saturated heterocycles. The third kappa shape index (κ3) is 6.16. The lowest BCUT2D eigenvalue weighted by molar-refractivity contribution is 0.254. The van der Waals surface area contributed by atoms with E-state index < -0.39 is 0 Å². The number of nitrogens with one attached hydrogen (secondary N) is 2. The van der Waals surface area contributed by atoms with Crippen molar-refractivity contribution in [2.45, 2.75) is 32.9 Å². The molecule has 1 rings (SSSR count). The van der Waals surface area contributed by atoms with E-state index in [2.05, 4.69) is 53.6 Å². The van der Waals surface area contributed by atoms with Gasteiger partial charge in [-0.2, -0.15) is 5.10 Å². The Morgan fingerprint density at radius 2 is 2.10 bits per heavy atom. The van der Waals surface area contributed by atoms with Gasteiger partial charge in [-0.3, -0.25) is 9.67 Å². The van der Waals surface area contributed by atoms with Crippen molar-refractivity contribution in [2.75, 3.05) is 27.7 Å². The Morgan fingerprint density at radius 3 is 2.57 bits per heavy atom. The average molecular weight is 294 g/mol. The van der Waals surface area contributed by atoms with Crippen LogP contribution in [0.15, 0.2) is 17.3 Å². The maximum absolute atomic E-state index is 4.27. The minimum absolute atomic E-state index is 0.500. The highest BCUT2D eigenvalue weighted by atomic mass is 15.3. The lowest BCUT2D eigenvalue weighted by Crippen LogP contribution is -2.45. The number of likely N-dealkylation sites (N-methyl/N-ethyl adjacent to an activating group) is 1. The number of aliphatic imine (C=N–C) groups is 1. The van der Waals surface area contributed by atoms with Crippen molar-refractivity contribution in [3.05, 3.63) is 18.0 Å². The number of aryl methyl sites for hydroxylation is 1. The number of aromatic nitrogens is 2. The first-order valence-electron chi connectivity index (χ1n) is 7.51. The fraction of sp³-hybridized carbons (Fsp3) is 0.733. The second-order valence-electron chi connectivity index (χ2n) is 6.00. The molecular weight excluding hydrogens is 264 g/mol. The molecule has 120 valence electrons. The number of nitrogens with zero attached hydrogens (tertiary/aromatic N) is 4. The minimum atomic E-state index is 0.500. The van der Waals surface area contributed by atoms with Crippen LogP contribution in [0.25, 0.3) is 0 Å². The van der Waals surface area contributed by atoms with Gasteiger partial charge in [0.05, 0.1) is 12.2 Å². The average Bonchev–Trinajstić information content (AvgIpc) is 2.82. The molecule has 0 saturated carbocycles. The molecule has 0 aliphatic carbocycles. The summed E-state index contributed by atoms with van der Waals surface area (Å²) in [4.78, 5) is 6.54. The van der Waals surface area contributed by atoms with Crippen LogP contribution in [0.4, 0.5) is 0 Å².